The second-order valence-electron chi connectivity index (χ2n) is 4.29. The van der Waals surface area contributed by atoms with E-state index in [0.29, 0.717) is 11.1 Å². The minimum absolute atomic E-state index is 0.114. The van der Waals surface area contributed by atoms with Crippen LogP contribution in [0.15, 0.2) is 6.07 Å². The Morgan fingerprint density at radius 2 is 1.94 bits per heavy atom. The van der Waals surface area contributed by atoms with E-state index in [2.05, 4.69) is 4.98 Å². The van der Waals surface area contributed by atoms with E-state index in [1.54, 1.807) is 13.0 Å². The van der Waals surface area contributed by atoms with Crippen molar-refractivity contribution in [1.82, 2.24) is 4.98 Å². The molecule has 1 heterocycles. The highest BCUT2D eigenvalue weighted by Gasteiger charge is 2.56. The van der Waals surface area contributed by atoms with Crippen molar-refractivity contribution < 1.29 is 8.78 Å². The number of hydrogen-bond donors (Lipinski definition) is 1. The zero-order valence-electron chi connectivity index (χ0n) is 8.53. The second kappa shape index (κ2) is 3.52. The van der Waals surface area contributed by atoms with E-state index in [0.717, 1.165) is 0 Å². The summed E-state index contributed by atoms with van der Waals surface area (Å²) in [6, 6.07) is 1.58. The molecule has 88 valence electrons. The third kappa shape index (κ3) is 1.90. The van der Waals surface area contributed by atoms with Gasteiger partial charge >= 0.3 is 0 Å². The quantitative estimate of drug-likeness (QED) is 0.793. The Morgan fingerprint density at radius 1 is 1.38 bits per heavy atom. The molecule has 6 heteroatoms. The molecule has 2 rings (SSSR count). The van der Waals surface area contributed by atoms with Gasteiger partial charge in [0.15, 0.2) is 0 Å². The molecule has 1 aromatic rings. The maximum Gasteiger partial charge on any atom is 0.252 e. The zero-order valence-corrected chi connectivity index (χ0v) is 10.0. The van der Waals surface area contributed by atoms with Crippen molar-refractivity contribution in [3.8, 4) is 0 Å². The molecule has 0 atom stereocenters. The highest BCUT2D eigenvalue weighted by Crippen LogP contribution is 2.52. The lowest BCUT2D eigenvalue weighted by Gasteiger charge is -2.45. The van der Waals surface area contributed by atoms with E-state index in [1.807, 2.05) is 0 Å². The lowest BCUT2D eigenvalue weighted by molar-refractivity contribution is -0.125. The monoisotopic (exact) mass is 266 g/mol. The molecule has 1 aromatic heterocycles. The van der Waals surface area contributed by atoms with Gasteiger partial charge in [0.05, 0.1) is 5.54 Å². The van der Waals surface area contributed by atoms with E-state index in [4.69, 9.17) is 28.9 Å². The molecule has 2 N–H and O–H groups in total. The lowest BCUT2D eigenvalue weighted by Crippen LogP contribution is -2.56. The van der Waals surface area contributed by atoms with E-state index in [9.17, 15) is 8.78 Å². The Labute approximate surface area is 102 Å². The van der Waals surface area contributed by atoms with Crippen LogP contribution in [0.25, 0.3) is 0 Å². The van der Waals surface area contributed by atoms with Gasteiger partial charge in [-0.25, -0.2) is 13.8 Å². The fraction of sp³-hybridized carbons (Fsp3) is 0.500. The van der Waals surface area contributed by atoms with Crippen LogP contribution in [0.5, 0.6) is 0 Å². The first-order valence-corrected chi connectivity index (χ1v) is 5.49. The molecule has 0 amide bonds. The highest BCUT2D eigenvalue weighted by molar-refractivity contribution is 6.33. The number of nitrogens with two attached hydrogens (primary N) is 1. The van der Waals surface area contributed by atoms with Gasteiger partial charge in [-0.3, -0.25) is 0 Å². The Morgan fingerprint density at radius 3 is 2.38 bits per heavy atom. The summed E-state index contributed by atoms with van der Waals surface area (Å²) >= 11 is 11.6. The maximum absolute atomic E-state index is 12.9. The highest BCUT2D eigenvalue weighted by atomic mass is 35.5. The van der Waals surface area contributed by atoms with Crippen molar-refractivity contribution in [2.45, 2.75) is 31.2 Å². The third-order valence-electron chi connectivity index (χ3n) is 2.79. The van der Waals surface area contributed by atoms with Gasteiger partial charge in [-0.1, -0.05) is 23.2 Å². The van der Waals surface area contributed by atoms with E-state index in [1.165, 1.54) is 0 Å². The first-order chi connectivity index (χ1) is 7.23. The second-order valence-corrected chi connectivity index (χ2v) is 5.04. The summed E-state index contributed by atoms with van der Waals surface area (Å²) in [5.74, 6) is -2.70. The van der Waals surface area contributed by atoms with Crippen LogP contribution in [-0.4, -0.2) is 10.9 Å². The van der Waals surface area contributed by atoms with E-state index < -0.39 is 24.3 Å². The molecule has 0 bridgehead atoms. The number of alkyl halides is 2. The molecule has 0 aromatic carbocycles. The Hall–Kier alpha value is -0.450. The molecule has 1 fully saturated rings. The molecule has 1 aliphatic carbocycles. The maximum atomic E-state index is 12.9. The number of aromatic nitrogens is 1. The van der Waals surface area contributed by atoms with Crippen LogP contribution in [0.1, 0.15) is 24.0 Å². The molecule has 0 radical (unpaired) electrons. The van der Waals surface area contributed by atoms with Gasteiger partial charge in [-0.2, -0.15) is 0 Å². The first kappa shape index (κ1) is 12.0. The predicted octanol–water partition coefficient (Wildman–Crippen LogP) is 3.28. The van der Waals surface area contributed by atoms with Crippen molar-refractivity contribution in [3.05, 3.63) is 27.5 Å². The first-order valence-electron chi connectivity index (χ1n) is 4.73. The molecule has 16 heavy (non-hydrogen) atoms. The van der Waals surface area contributed by atoms with Crippen molar-refractivity contribution in [1.29, 1.82) is 0 Å². The largest absolute Gasteiger partial charge is 0.321 e. The van der Waals surface area contributed by atoms with E-state index in [-0.39, 0.29) is 10.3 Å². The van der Waals surface area contributed by atoms with Crippen molar-refractivity contribution in [2.24, 2.45) is 5.73 Å². The summed E-state index contributed by atoms with van der Waals surface area (Å²) in [6.07, 6.45) is -0.798. The SMILES string of the molecule is Cc1cc(Cl)nc(Cl)c1C1(N)CC(F)(F)C1. The van der Waals surface area contributed by atoms with Crippen LogP contribution < -0.4 is 5.73 Å². The third-order valence-corrected chi connectivity index (χ3v) is 3.25. The van der Waals surface area contributed by atoms with Crippen molar-refractivity contribution in [3.63, 3.8) is 0 Å². The fourth-order valence-electron chi connectivity index (χ4n) is 2.24. The number of hydrogen-bond acceptors (Lipinski definition) is 2. The van der Waals surface area contributed by atoms with Gasteiger partial charge in [0.1, 0.15) is 10.3 Å². The smallest absolute Gasteiger partial charge is 0.252 e. The van der Waals surface area contributed by atoms with Crippen LogP contribution in [0.3, 0.4) is 0 Å². The molecular formula is C10H10Cl2F2N2. The standard InChI is InChI=1S/C10H10Cl2F2N2/c1-5-2-6(11)16-8(12)7(5)9(15)3-10(13,14)4-9/h2H,3-4,15H2,1H3. The normalized spacial score (nSPS) is 21.6. The molecule has 2 nitrogen and oxygen atoms in total. The Balaban J connectivity index is 2.43. The van der Waals surface area contributed by atoms with Gasteiger partial charge < -0.3 is 5.73 Å². The molecule has 0 unspecified atom stereocenters. The summed E-state index contributed by atoms with van der Waals surface area (Å²) < 4.78 is 25.8. The molecule has 1 saturated carbocycles. The van der Waals surface area contributed by atoms with Gasteiger partial charge in [-0.05, 0) is 18.6 Å². The number of rotatable bonds is 1. The average molecular weight is 267 g/mol. The summed E-state index contributed by atoms with van der Waals surface area (Å²) in [7, 11) is 0. The molecular weight excluding hydrogens is 257 g/mol. The van der Waals surface area contributed by atoms with Gasteiger partial charge in [-0.15, -0.1) is 0 Å². The molecule has 0 saturated heterocycles. The predicted molar refractivity (Wildman–Crippen MR) is 59.0 cm³/mol. The number of nitrogens with zero attached hydrogens (tertiary/aromatic N) is 1. The van der Waals surface area contributed by atoms with E-state index >= 15 is 0 Å². The zero-order chi connectivity index (χ0) is 12.1. The van der Waals surface area contributed by atoms with Crippen molar-refractivity contribution in [2.75, 3.05) is 0 Å². The fourth-order valence-corrected chi connectivity index (χ4v) is 2.96. The summed E-state index contributed by atoms with van der Waals surface area (Å²) in [5, 5.41) is 0.351. The van der Waals surface area contributed by atoms with Crippen LogP contribution >= 0.6 is 23.2 Å². The Kier molecular flexibility index (Phi) is 2.64. The van der Waals surface area contributed by atoms with Crippen LogP contribution in [0, 0.1) is 6.92 Å². The van der Waals surface area contributed by atoms with Crippen molar-refractivity contribution >= 4 is 23.2 Å². The summed E-state index contributed by atoms with van der Waals surface area (Å²) in [4.78, 5) is 3.84. The topological polar surface area (TPSA) is 38.9 Å². The van der Waals surface area contributed by atoms with Crippen LogP contribution in [0.4, 0.5) is 8.78 Å². The lowest BCUT2D eigenvalue weighted by atomic mass is 9.69. The average Bonchev–Trinajstić information content (AvgIpc) is 1.95. The molecule has 1 aliphatic rings. The van der Waals surface area contributed by atoms with Gasteiger partial charge in [0.2, 0.25) is 0 Å². The molecule has 0 spiro atoms. The summed E-state index contributed by atoms with van der Waals surface area (Å²) in [5.41, 5.74) is 6.00. The summed E-state index contributed by atoms with van der Waals surface area (Å²) in [6.45, 7) is 1.74. The minimum Gasteiger partial charge on any atom is -0.321 e. The number of aryl methyl sites for hydroxylation is 1. The Bertz CT molecular complexity index is 417. The van der Waals surface area contributed by atoms with Crippen LogP contribution in [0.2, 0.25) is 10.3 Å². The number of halogens is 4. The number of pyridine rings is 1. The molecule has 0 aliphatic heterocycles. The van der Waals surface area contributed by atoms with Gasteiger partial charge in [0, 0.05) is 18.4 Å². The van der Waals surface area contributed by atoms with Crippen LogP contribution in [-0.2, 0) is 5.54 Å². The minimum atomic E-state index is -2.70. The van der Waals surface area contributed by atoms with Gasteiger partial charge in [0.25, 0.3) is 5.92 Å².